The average Bonchev–Trinajstić information content (AvgIpc) is 3.06. The molecule has 4 heterocycles. The summed E-state index contributed by atoms with van der Waals surface area (Å²) in [5.41, 5.74) is 0.894. The third-order valence-electron chi connectivity index (χ3n) is 4.81. The van der Waals surface area contributed by atoms with E-state index in [-0.39, 0.29) is 17.2 Å². The molecule has 0 unspecified atom stereocenters. The van der Waals surface area contributed by atoms with E-state index in [9.17, 15) is 9.59 Å². The van der Waals surface area contributed by atoms with Gasteiger partial charge in [0, 0.05) is 48.3 Å². The summed E-state index contributed by atoms with van der Waals surface area (Å²) in [6, 6.07) is 3.34. The quantitative estimate of drug-likeness (QED) is 0.723. The number of hydrogen-bond donors (Lipinski definition) is 1. The van der Waals surface area contributed by atoms with Gasteiger partial charge in [-0.1, -0.05) is 0 Å². The number of rotatable bonds is 4. The Balaban J connectivity index is 1.50. The Labute approximate surface area is 165 Å². The number of anilines is 1. The van der Waals surface area contributed by atoms with Crippen LogP contribution in [0.2, 0.25) is 0 Å². The molecule has 1 aliphatic heterocycles. The monoisotopic (exact) mass is 399 g/mol. The summed E-state index contributed by atoms with van der Waals surface area (Å²) in [5, 5.41) is 4.58. The first kappa shape index (κ1) is 18.6. The molecule has 1 amide bonds. The van der Waals surface area contributed by atoms with E-state index in [1.54, 1.807) is 18.3 Å². The zero-order valence-corrected chi connectivity index (χ0v) is 16.5. The summed E-state index contributed by atoms with van der Waals surface area (Å²) in [6.45, 7) is 3.79. The van der Waals surface area contributed by atoms with Crippen molar-refractivity contribution in [3.05, 3.63) is 51.5 Å². The Bertz CT molecular complexity index is 1070. The molecule has 0 radical (unpaired) electrons. The fourth-order valence-electron chi connectivity index (χ4n) is 3.20. The normalized spacial score (nSPS) is 15.6. The summed E-state index contributed by atoms with van der Waals surface area (Å²) < 4.78 is 7.40. The molecule has 28 heavy (non-hydrogen) atoms. The van der Waals surface area contributed by atoms with Gasteiger partial charge >= 0.3 is 0 Å². The van der Waals surface area contributed by atoms with Crippen molar-refractivity contribution in [2.75, 3.05) is 25.5 Å². The lowest BCUT2D eigenvalue weighted by Crippen LogP contribution is -2.35. The number of likely N-dealkylation sites (tertiary alicyclic amines) is 1. The predicted molar refractivity (Wildman–Crippen MR) is 107 cm³/mol. The van der Waals surface area contributed by atoms with Crippen LogP contribution in [0, 0.1) is 6.92 Å². The van der Waals surface area contributed by atoms with Crippen molar-refractivity contribution >= 4 is 27.9 Å². The van der Waals surface area contributed by atoms with Crippen molar-refractivity contribution in [1.82, 2.24) is 19.3 Å². The van der Waals surface area contributed by atoms with E-state index in [0.717, 1.165) is 31.6 Å². The molecule has 9 heteroatoms. The van der Waals surface area contributed by atoms with Gasteiger partial charge in [-0.05, 0) is 32.9 Å². The third kappa shape index (κ3) is 3.76. The van der Waals surface area contributed by atoms with Crippen LogP contribution in [0.3, 0.4) is 0 Å². The number of aromatic nitrogens is 3. The number of thiazole rings is 1. The maximum Gasteiger partial charge on any atom is 0.271 e. The highest BCUT2D eigenvalue weighted by Crippen LogP contribution is 2.20. The lowest BCUT2D eigenvalue weighted by Gasteiger charge is -2.28. The van der Waals surface area contributed by atoms with Crippen molar-refractivity contribution in [2.45, 2.75) is 25.9 Å². The van der Waals surface area contributed by atoms with E-state index < -0.39 is 5.91 Å². The fourth-order valence-corrected chi connectivity index (χ4v) is 4.03. The van der Waals surface area contributed by atoms with Gasteiger partial charge in [-0.15, -0.1) is 11.3 Å². The molecule has 8 nitrogen and oxygen atoms in total. The Kier molecular flexibility index (Phi) is 5.10. The van der Waals surface area contributed by atoms with Crippen LogP contribution in [-0.4, -0.2) is 51.4 Å². The number of nitrogens with zero attached hydrogens (tertiary/aromatic N) is 4. The van der Waals surface area contributed by atoms with E-state index in [4.69, 9.17) is 4.74 Å². The summed E-state index contributed by atoms with van der Waals surface area (Å²) in [4.78, 5) is 36.5. The maximum absolute atomic E-state index is 12.6. The van der Waals surface area contributed by atoms with Gasteiger partial charge in [-0.25, -0.2) is 9.97 Å². The fraction of sp³-hybridized carbons (Fsp3) is 0.368. The Hall–Kier alpha value is -2.78. The SMILES string of the molecule is Cc1csc2ncc(C(=O)Nc3ccnc(OC4CCN(C)CC4)c3)c(=O)n12. The zero-order valence-electron chi connectivity index (χ0n) is 15.7. The van der Waals surface area contributed by atoms with Crippen LogP contribution >= 0.6 is 11.3 Å². The Morgan fingerprint density at radius 3 is 2.89 bits per heavy atom. The molecule has 1 fully saturated rings. The largest absolute Gasteiger partial charge is 0.474 e. The summed E-state index contributed by atoms with van der Waals surface area (Å²) in [7, 11) is 2.09. The molecule has 3 aromatic rings. The molecule has 146 valence electrons. The minimum Gasteiger partial charge on any atom is -0.474 e. The van der Waals surface area contributed by atoms with Gasteiger partial charge in [0.2, 0.25) is 5.88 Å². The maximum atomic E-state index is 12.6. The molecule has 0 spiro atoms. The first-order valence-corrected chi connectivity index (χ1v) is 9.97. The number of amides is 1. The second-order valence-corrected chi connectivity index (χ2v) is 7.77. The number of ether oxygens (including phenoxy) is 1. The minimum absolute atomic E-state index is 0.00593. The number of fused-ring (bicyclic) bond motifs is 1. The number of nitrogens with one attached hydrogen (secondary N) is 1. The van der Waals surface area contributed by atoms with E-state index in [1.165, 1.54) is 21.9 Å². The second kappa shape index (κ2) is 7.69. The first-order chi connectivity index (χ1) is 13.5. The molecular formula is C19H21N5O3S. The summed E-state index contributed by atoms with van der Waals surface area (Å²) in [5.74, 6) is -0.0414. The van der Waals surface area contributed by atoms with E-state index in [1.807, 2.05) is 12.3 Å². The van der Waals surface area contributed by atoms with Crippen LogP contribution in [-0.2, 0) is 0 Å². The van der Waals surface area contributed by atoms with Crippen molar-refractivity contribution < 1.29 is 9.53 Å². The molecule has 0 bridgehead atoms. The van der Waals surface area contributed by atoms with E-state index >= 15 is 0 Å². The van der Waals surface area contributed by atoms with Crippen molar-refractivity contribution in [3.63, 3.8) is 0 Å². The van der Waals surface area contributed by atoms with Crippen LogP contribution in [0.1, 0.15) is 28.9 Å². The molecular weight excluding hydrogens is 378 g/mol. The molecule has 3 aromatic heterocycles. The molecule has 1 aliphatic rings. The van der Waals surface area contributed by atoms with Gasteiger partial charge in [-0.3, -0.25) is 14.0 Å². The smallest absolute Gasteiger partial charge is 0.271 e. The first-order valence-electron chi connectivity index (χ1n) is 9.10. The number of pyridine rings is 1. The zero-order chi connectivity index (χ0) is 19.7. The number of aryl methyl sites for hydroxylation is 1. The van der Waals surface area contributed by atoms with E-state index in [0.29, 0.717) is 16.5 Å². The standard InChI is InChI=1S/C19H21N5O3S/c1-12-11-28-19-21-10-15(18(26)24(12)19)17(25)22-13-3-6-20-16(9-13)27-14-4-7-23(2)8-5-14/h3,6,9-11,14H,4-5,7-8H2,1-2H3,(H,20,22,25). The number of hydrogen-bond acceptors (Lipinski definition) is 7. The highest BCUT2D eigenvalue weighted by molar-refractivity contribution is 7.15. The van der Waals surface area contributed by atoms with Crippen molar-refractivity contribution in [3.8, 4) is 5.88 Å². The third-order valence-corrected chi connectivity index (χ3v) is 5.76. The Morgan fingerprint density at radius 1 is 1.32 bits per heavy atom. The van der Waals surface area contributed by atoms with Crippen LogP contribution < -0.4 is 15.6 Å². The highest BCUT2D eigenvalue weighted by Gasteiger charge is 2.19. The molecule has 1 saturated heterocycles. The topological polar surface area (TPSA) is 88.8 Å². The van der Waals surface area contributed by atoms with Gasteiger partial charge in [-0.2, -0.15) is 0 Å². The molecule has 0 saturated carbocycles. The van der Waals surface area contributed by atoms with Crippen molar-refractivity contribution in [2.24, 2.45) is 0 Å². The van der Waals surface area contributed by atoms with Gasteiger partial charge < -0.3 is 15.0 Å². The van der Waals surface area contributed by atoms with Crippen molar-refractivity contribution in [1.29, 1.82) is 0 Å². The molecule has 4 rings (SSSR count). The molecule has 0 atom stereocenters. The summed E-state index contributed by atoms with van der Waals surface area (Å²) >= 11 is 1.36. The molecule has 0 aromatic carbocycles. The van der Waals surface area contributed by atoms with Gasteiger partial charge in [0.15, 0.2) is 4.96 Å². The Morgan fingerprint density at radius 2 is 2.11 bits per heavy atom. The van der Waals surface area contributed by atoms with Crippen LogP contribution in [0.25, 0.3) is 4.96 Å². The number of carbonyl (C=O) groups excluding carboxylic acids is 1. The number of piperidine rings is 1. The minimum atomic E-state index is -0.506. The van der Waals surface area contributed by atoms with Gasteiger partial charge in [0.1, 0.15) is 11.7 Å². The van der Waals surface area contributed by atoms with Gasteiger partial charge in [0.25, 0.3) is 11.5 Å². The average molecular weight is 399 g/mol. The van der Waals surface area contributed by atoms with Crippen LogP contribution in [0.5, 0.6) is 5.88 Å². The molecule has 0 aliphatic carbocycles. The van der Waals surface area contributed by atoms with E-state index in [2.05, 4.69) is 27.2 Å². The lowest BCUT2D eigenvalue weighted by molar-refractivity contribution is 0.102. The lowest BCUT2D eigenvalue weighted by atomic mass is 10.1. The number of carbonyl (C=O) groups is 1. The highest BCUT2D eigenvalue weighted by atomic mass is 32.1. The van der Waals surface area contributed by atoms with Crippen LogP contribution in [0.4, 0.5) is 5.69 Å². The second-order valence-electron chi connectivity index (χ2n) is 6.93. The predicted octanol–water partition coefficient (Wildman–Crippen LogP) is 2.18. The van der Waals surface area contributed by atoms with Gasteiger partial charge in [0.05, 0.1) is 0 Å². The molecule has 1 N–H and O–H groups in total. The van der Waals surface area contributed by atoms with Crippen LogP contribution in [0.15, 0.2) is 34.7 Å². The summed E-state index contributed by atoms with van der Waals surface area (Å²) in [6.07, 6.45) is 4.90.